The van der Waals surface area contributed by atoms with Crippen LogP contribution in [0.4, 0.5) is 0 Å². The highest BCUT2D eigenvalue weighted by atomic mass is 16.2. The molecule has 1 aromatic heterocycles. The minimum Gasteiger partial charge on any atom is -0.351 e. The van der Waals surface area contributed by atoms with Crippen LogP contribution in [0.15, 0.2) is 18.3 Å². The Labute approximate surface area is 102 Å². The molecule has 1 aliphatic rings. The Hall–Kier alpha value is -1.42. The molecule has 1 amide bonds. The van der Waals surface area contributed by atoms with Crippen LogP contribution >= 0.6 is 0 Å². The average Bonchev–Trinajstić information content (AvgIpc) is 2.76. The van der Waals surface area contributed by atoms with Gasteiger partial charge in [-0.05, 0) is 38.4 Å². The number of rotatable bonds is 3. The molecule has 1 aliphatic heterocycles. The highest BCUT2D eigenvalue weighted by molar-refractivity contribution is 5.82. The van der Waals surface area contributed by atoms with E-state index in [1.165, 1.54) is 0 Å². The molecule has 4 heteroatoms. The maximum Gasteiger partial charge on any atom is 0.227 e. The van der Waals surface area contributed by atoms with Gasteiger partial charge in [-0.25, -0.2) is 0 Å². The van der Waals surface area contributed by atoms with Crippen LogP contribution in [0.3, 0.4) is 0 Å². The van der Waals surface area contributed by atoms with Crippen LogP contribution in [0, 0.1) is 12.3 Å². The van der Waals surface area contributed by atoms with Crippen molar-refractivity contribution >= 4 is 5.91 Å². The number of nitrogens with zero attached hydrogens (tertiary/aromatic N) is 1. The fourth-order valence-corrected chi connectivity index (χ4v) is 2.01. The van der Waals surface area contributed by atoms with Gasteiger partial charge in [0.1, 0.15) is 0 Å². The van der Waals surface area contributed by atoms with Gasteiger partial charge in [-0.3, -0.25) is 9.78 Å². The molecule has 0 spiro atoms. The molecule has 0 radical (unpaired) electrons. The van der Waals surface area contributed by atoms with Crippen LogP contribution in [0.25, 0.3) is 0 Å². The zero-order valence-corrected chi connectivity index (χ0v) is 10.4. The molecule has 2 N–H and O–H groups in total. The van der Waals surface area contributed by atoms with E-state index in [1.54, 1.807) is 0 Å². The first kappa shape index (κ1) is 12.0. The van der Waals surface area contributed by atoms with Crippen LogP contribution < -0.4 is 10.6 Å². The summed E-state index contributed by atoms with van der Waals surface area (Å²) in [4.78, 5) is 16.2. The van der Waals surface area contributed by atoms with E-state index in [-0.39, 0.29) is 11.3 Å². The second kappa shape index (κ2) is 4.84. The zero-order chi connectivity index (χ0) is 12.3. The van der Waals surface area contributed by atoms with Gasteiger partial charge in [-0.15, -0.1) is 0 Å². The van der Waals surface area contributed by atoms with Crippen molar-refractivity contribution in [1.82, 2.24) is 15.6 Å². The maximum absolute atomic E-state index is 12.0. The largest absolute Gasteiger partial charge is 0.351 e. The van der Waals surface area contributed by atoms with Crippen LogP contribution in [0.2, 0.25) is 0 Å². The van der Waals surface area contributed by atoms with Gasteiger partial charge in [0.15, 0.2) is 0 Å². The van der Waals surface area contributed by atoms with E-state index < -0.39 is 0 Å². The minimum atomic E-state index is -0.252. The molecule has 1 fully saturated rings. The summed E-state index contributed by atoms with van der Waals surface area (Å²) < 4.78 is 0. The molecule has 2 rings (SSSR count). The van der Waals surface area contributed by atoms with E-state index in [0.29, 0.717) is 6.54 Å². The summed E-state index contributed by atoms with van der Waals surface area (Å²) >= 11 is 0. The van der Waals surface area contributed by atoms with Gasteiger partial charge < -0.3 is 10.6 Å². The Balaban J connectivity index is 1.89. The molecule has 0 aliphatic carbocycles. The quantitative estimate of drug-likeness (QED) is 0.819. The molecule has 2 heterocycles. The second-order valence-electron chi connectivity index (χ2n) is 4.98. The minimum absolute atomic E-state index is 0.128. The smallest absolute Gasteiger partial charge is 0.227 e. The molecule has 1 atom stereocenters. The molecule has 1 unspecified atom stereocenters. The van der Waals surface area contributed by atoms with Gasteiger partial charge in [-0.1, -0.05) is 6.07 Å². The molecule has 17 heavy (non-hydrogen) atoms. The Morgan fingerprint density at radius 3 is 3.00 bits per heavy atom. The molecule has 92 valence electrons. The number of nitrogens with one attached hydrogen (secondary N) is 2. The lowest BCUT2D eigenvalue weighted by atomic mass is 9.89. The lowest BCUT2D eigenvalue weighted by molar-refractivity contribution is -0.129. The van der Waals surface area contributed by atoms with Gasteiger partial charge in [0.25, 0.3) is 0 Å². The lowest BCUT2D eigenvalue weighted by Gasteiger charge is -2.21. The van der Waals surface area contributed by atoms with E-state index in [4.69, 9.17) is 0 Å². The monoisotopic (exact) mass is 233 g/mol. The highest BCUT2D eigenvalue weighted by Gasteiger charge is 2.35. The number of aryl methyl sites for hydroxylation is 1. The van der Waals surface area contributed by atoms with E-state index >= 15 is 0 Å². The Morgan fingerprint density at radius 1 is 1.59 bits per heavy atom. The van der Waals surface area contributed by atoms with Crippen molar-refractivity contribution in [3.63, 3.8) is 0 Å². The van der Waals surface area contributed by atoms with E-state index in [1.807, 2.05) is 32.2 Å². The summed E-state index contributed by atoms with van der Waals surface area (Å²) in [5.74, 6) is 0.128. The number of carbonyl (C=O) groups excluding carboxylic acids is 1. The highest BCUT2D eigenvalue weighted by Crippen LogP contribution is 2.24. The van der Waals surface area contributed by atoms with Gasteiger partial charge >= 0.3 is 0 Å². The zero-order valence-electron chi connectivity index (χ0n) is 10.4. The predicted molar refractivity (Wildman–Crippen MR) is 66.4 cm³/mol. The predicted octanol–water partition coefficient (Wildman–Crippen LogP) is 1.01. The van der Waals surface area contributed by atoms with Crippen molar-refractivity contribution in [1.29, 1.82) is 0 Å². The molecule has 0 bridgehead atoms. The molecular weight excluding hydrogens is 214 g/mol. The molecule has 0 aromatic carbocycles. The molecule has 1 saturated heterocycles. The standard InChI is InChI=1S/C13H19N3O/c1-10-3-4-11(7-15-10)8-16-12(17)13(2)5-6-14-9-13/h3-4,7,14H,5-6,8-9H2,1-2H3,(H,16,17). The summed E-state index contributed by atoms with van der Waals surface area (Å²) in [5.41, 5.74) is 1.78. The third kappa shape index (κ3) is 2.82. The first-order valence-corrected chi connectivity index (χ1v) is 6.01. The topological polar surface area (TPSA) is 54.0 Å². The number of pyridine rings is 1. The van der Waals surface area contributed by atoms with Crippen LogP contribution in [0.5, 0.6) is 0 Å². The third-order valence-corrected chi connectivity index (χ3v) is 3.34. The lowest BCUT2D eigenvalue weighted by Crippen LogP contribution is -2.40. The van der Waals surface area contributed by atoms with Crippen molar-refractivity contribution < 1.29 is 4.79 Å². The Morgan fingerprint density at radius 2 is 2.41 bits per heavy atom. The fraction of sp³-hybridized carbons (Fsp3) is 0.538. The SMILES string of the molecule is Cc1ccc(CNC(=O)C2(C)CCNC2)cn1. The first-order valence-electron chi connectivity index (χ1n) is 6.01. The van der Waals surface area contributed by atoms with E-state index in [9.17, 15) is 4.79 Å². The summed E-state index contributed by atoms with van der Waals surface area (Å²) in [7, 11) is 0. The van der Waals surface area contributed by atoms with Crippen LogP contribution in [0.1, 0.15) is 24.6 Å². The number of amides is 1. The average molecular weight is 233 g/mol. The summed E-state index contributed by atoms with van der Waals surface area (Å²) in [6.45, 7) is 6.21. The normalized spacial score (nSPS) is 23.6. The van der Waals surface area contributed by atoms with Crippen molar-refractivity contribution in [2.24, 2.45) is 5.41 Å². The Bertz CT molecular complexity index is 394. The van der Waals surface area contributed by atoms with Crippen molar-refractivity contribution in [3.8, 4) is 0 Å². The number of aromatic nitrogens is 1. The first-order chi connectivity index (χ1) is 8.10. The van der Waals surface area contributed by atoms with Crippen LogP contribution in [-0.2, 0) is 11.3 Å². The van der Waals surface area contributed by atoms with Crippen LogP contribution in [-0.4, -0.2) is 24.0 Å². The van der Waals surface area contributed by atoms with Gasteiger partial charge in [0.05, 0.1) is 5.41 Å². The molecule has 4 nitrogen and oxygen atoms in total. The molecule has 0 saturated carbocycles. The Kier molecular flexibility index (Phi) is 3.43. The molecule has 1 aromatic rings. The van der Waals surface area contributed by atoms with Gasteiger partial charge in [-0.2, -0.15) is 0 Å². The summed E-state index contributed by atoms with van der Waals surface area (Å²) in [5, 5.41) is 6.21. The number of hydrogen-bond donors (Lipinski definition) is 2. The number of carbonyl (C=O) groups is 1. The summed E-state index contributed by atoms with van der Waals surface area (Å²) in [6, 6.07) is 3.96. The van der Waals surface area contributed by atoms with Crippen molar-refractivity contribution in [2.45, 2.75) is 26.8 Å². The van der Waals surface area contributed by atoms with Crippen molar-refractivity contribution in [2.75, 3.05) is 13.1 Å². The van der Waals surface area contributed by atoms with Gasteiger partial charge in [0.2, 0.25) is 5.91 Å². The van der Waals surface area contributed by atoms with E-state index in [0.717, 1.165) is 30.8 Å². The van der Waals surface area contributed by atoms with E-state index in [2.05, 4.69) is 15.6 Å². The fourth-order valence-electron chi connectivity index (χ4n) is 2.01. The third-order valence-electron chi connectivity index (χ3n) is 3.34. The maximum atomic E-state index is 12.0. The second-order valence-corrected chi connectivity index (χ2v) is 4.98. The molecular formula is C13H19N3O. The number of hydrogen-bond acceptors (Lipinski definition) is 3. The summed E-state index contributed by atoms with van der Waals surface area (Å²) in [6.07, 6.45) is 2.72. The van der Waals surface area contributed by atoms with Gasteiger partial charge in [0, 0.05) is 25.0 Å². The van der Waals surface area contributed by atoms with Crippen molar-refractivity contribution in [3.05, 3.63) is 29.6 Å².